The number of rotatable bonds is 2. The summed E-state index contributed by atoms with van der Waals surface area (Å²) in [6, 6.07) is 5.26. The zero-order valence-electron chi connectivity index (χ0n) is 9.48. The van der Waals surface area contributed by atoms with Gasteiger partial charge in [-0.3, -0.25) is 0 Å². The van der Waals surface area contributed by atoms with Crippen LogP contribution in [0.1, 0.15) is 33.1 Å². The number of nitrogen functional groups attached to an aromatic ring is 1. The van der Waals surface area contributed by atoms with E-state index in [9.17, 15) is 0 Å². The van der Waals surface area contributed by atoms with Crippen LogP contribution in [0.25, 0.3) is 0 Å². The summed E-state index contributed by atoms with van der Waals surface area (Å²) < 4.78 is 0. The molecule has 15 heavy (non-hydrogen) atoms. The molecule has 1 fully saturated rings. The van der Waals surface area contributed by atoms with Crippen LogP contribution in [0.4, 0.5) is 11.5 Å². The second-order valence-corrected chi connectivity index (χ2v) is 4.34. The quantitative estimate of drug-likeness (QED) is 0.806. The molecule has 0 saturated carbocycles. The number of hydrogen-bond donors (Lipinski definition) is 1. The zero-order valence-corrected chi connectivity index (χ0v) is 9.48. The van der Waals surface area contributed by atoms with Crippen LogP contribution in [0.3, 0.4) is 0 Å². The van der Waals surface area contributed by atoms with Crippen LogP contribution in [0, 0.1) is 0 Å². The standard InChI is InChI=1S/C12H19N3/c1-3-10-5-4-9(2)15(10)11-6-7-12(13)14-8-11/h6-10H,3-5H2,1-2H3,(H2,13,14). The fourth-order valence-electron chi connectivity index (χ4n) is 2.49. The van der Waals surface area contributed by atoms with Crippen LogP contribution >= 0.6 is 0 Å². The van der Waals surface area contributed by atoms with Crippen molar-refractivity contribution in [2.24, 2.45) is 0 Å². The summed E-state index contributed by atoms with van der Waals surface area (Å²) in [4.78, 5) is 6.64. The SMILES string of the molecule is CCC1CCC(C)N1c1ccc(N)nc1. The highest BCUT2D eigenvalue weighted by Crippen LogP contribution is 2.31. The molecule has 1 aromatic rings. The van der Waals surface area contributed by atoms with Crippen LogP contribution in [-0.4, -0.2) is 17.1 Å². The molecule has 0 radical (unpaired) electrons. The number of nitrogens with zero attached hydrogens (tertiary/aromatic N) is 2. The molecule has 2 heterocycles. The third-order valence-electron chi connectivity index (χ3n) is 3.33. The van der Waals surface area contributed by atoms with Crippen LogP contribution in [0.15, 0.2) is 18.3 Å². The normalized spacial score (nSPS) is 25.9. The van der Waals surface area contributed by atoms with Gasteiger partial charge in [0.15, 0.2) is 0 Å². The molecule has 2 atom stereocenters. The van der Waals surface area contributed by atoms with Crippen molar-refractivity contribution in [1.82, 2.24) is 4.98 Å². The highest BCUT2D eigenvalue weighted by atomic mass is 15.2. The third-order valence-corrected chi connectivity index (χ3v) is 3.33. The first-order chi connectivity index (χ1) is 7.22. The number of pyridine rings is 1. The molecule has 2 rings (SSSR count). The first-order valence-corrected chi connectivity index (χ1v) is 5.72. The molecule has 2 unspecified atom stereocenters. The van der Waals surface area contributed by atoms with Gasteiger partial charge in [0.05, 0.1) is 11.9 Å². The lowest BCUT2D eigenvalue weighted by Gasteiger charge is -2.29. The van der Waals surface area contributed by atoms with E-state index in [1.54, 1.807) is 0 Å². The Bertz CT molecular complexity index is 320. The van der Waals surface area contributed by atoms with Crippen molar-refractivity contribution in [2.45, 2.75) is 45.2 Å². The van der Waals surface area contributed by atoms with Crippen LogP contribution in [0.2, 0.25) is 0 Å². The molecule has 0 aromatic carbocycles. The number of aromatic nitrogens is 1. The van der Waals surface area contributed by atoms with E-state index in [0.717, 1.165) is 0 Å². The smallest absolute Gasteiger partial charge is 0.123 e. The molecule has 0 amide bonds. The van der Waals surface area contributed by atoms with Crippen LogP contribution in [-0.2, 0) is 0 Å². The fraction of sp³-hybridized carbons (Fsp3) is 0.583. The molecule has 0 spiro atoms. The average Bonchev–Trinajstić information content (AvgIpc) is 2.61. The second-order valence-electron chi connectivity index (χ2n) is 4.34. The molecule has 0 aliphatic carbocycles. The lowest BCUT2D eigenvalue weighted by atomic mass is 10.1. The highest BCUT2D eigenvalue weighted by molar-refractivity contribution is 5.50. The predicted octanol–water partition coefficient (Wildman–Crippen LogP) is 2.43. The minimum absolute atomic E-state index is 0.596. The Hall–Kier alpha value is -1.25. The van der Waals surface area contributed by atoms with Gasteiger partial charge in [-0.2, -0.15) is 0 Å². The van der Waals surface area contributed by atoms with Gasteiger partial charge in [0.25, 0.3) is 0 Å². The fourth-order valence-corrected chi connectivity index (χ4v) is 2.49. The van der Waals surface area contributed by atoms with Gasteiger partial charge in [-0.15, -0.1) is 0 Å². The van der Waals surface area contributed by atoms with Crippen molar-refractivity contribution in [3.63, 3.8) is 0 Å². The molecule has 3 heteroatoms. The Labute approximate surface area is 91.3 Å². The molecular formula is C12H19N3. The van der Waals surface area contributed by atoms with Gasteiger partial charge >= 0.3 is 0 Å². The molecular weight excluding hydrogens is 186 g/mol. The maximum absolute atomic E-state index is 5.60. The lowest BCUT2D eigenvalue weighted by Crippen LogP contribution is -2.34. The minimum Gasteiger partial charge on any atom is -0.384 e. The van der Waals surface area contributed by atoms with E-state index in [1.807, 2.05) is 12.3 Å². The van der Waals surface area contributed by atoms with Gasteiger partial charge in [0, 0.05) is 12.1 Å². The summed E-state index contributed by atoms with van der Waals surface area (Å²) in [7, 11) is 0. The minimum atomic E-state index is 0.596. The van der Waals surface area contributed by atoms with Crippen LogP contribution in [0.5, 0.6) is 0 Å². The number of anilines is 2. The van der Waals surface area contributed by atoms with Crippen molar-refractivity contribution in [3.05, 3.63) is 18.3 Å². The maximum Gasteiger partial charge on any atom is 0.123 e. The molecule has 2 N–H and O–H groups in total. The summed E-state index contributed by atoms with van der Waals surface area (Å²) in [5, 5.41) is 0. The molecule has 3 nitrogen and oxygen atoms in total. The van der Waals surface area contributed by atoms with Gasteiger partial charge in [-0.1, -0.05) is 6.92 Å². The number of nitrogens with two attached hydrogens (primary N) is 1. The topological polar surface area (TPSA) is 42.1 Å². The van der Waals surface area contributed by atoms with Crippen molar-refractivity contribution >= 4 is 11.5 Å². The molecule has 1 saturated heterocycles. The molecule has 0 bridgehead atoms. The second kappa shape index (κ2) is 4.09. The Morgan fingerprint density at radius 1 is 1.47 bits per heavy atom. The van der Waals surface area contributed by atoms with E-state index in [2.05, 4.69) is 29.8 Å². The van der Waals surface area contributed by atoms with Crippen molar-refractivity contribution in [1.29, 1.82) is 0 Å². The van der Waals surface area contributed by atoms with Gasteiger partial charge in [-0.05, 0) is 38.3 Å². The van der Waals surface area contributed by atoms with E-state index in [4.69, 9.17) is 5.73 Å². The molecule has 1 aliphatic heterocycles. The van der Waals surface area contributed by atoms with Gasteiger partial charge in [0.1, 0.15) is 5.82 Å². The first-order valence-electron chi connectivity index (χ1n) is 5.72. The average molecular weight is 205 g/mol. The van der Waals surface area contributed by atoms with Crippen LogP contribution < -0.4 is 10.6 Å². The first kappa shape index (κ1) is 10.3. The monoisotopic (exact) mass is 205 g/mol. The van der Waals surface area contributed by atoms with Crippen molar-refractivity contribution in [3.8, 4) is 0 Å². The Morgan fingerprint density at radius 2 is 2.27 bits per heavy atom. The zero-order chi connectivity index (χ0) is 10.8. The maximum atomic E-state index is 5.60. The summed E-state index contributed by atoms with van der Waals surface area (Å²) in [5.74, 6) is 0.596. The summed E-state index contributed by atoms with van der Waals surface area (Å²) in [6.45, 7) is 4.53. The van der Waals surface area contributed by atoms with Gasteiger partial charge in [0.2, 0.25) is 0 Å². The van der Waals surface area contributed by atoms with E-state index in [-0.39, 0.29) is 0 Å². The Morgan fingerprint density at radius 3 is 2.87 bits per heavy atom. The largest absolute Gasteiger partial charge is 0.384 e. The van der Waals surface area contributed by atoms with E-state index >= 15 is 0 Å². The Balaban J connectivity index is 2.24. The van der Waals surface area contributed by atoms with Crippen molar-refractivity contribution in [2.75, 3.05) is 10.6 Å². The summed E-state index contributed by atoms with van der Waals surface area (Å²) in [5.41, 5.74) is 6.81. The molecule has 1 aromatic heterocycles. The van der Waals surface area contributed by atoms with E-state index < -0.39 is 0 Å². The summed E-state index contributed by atoms with van der Waals surface area (Å²) >= 11 is 0. The van der Waals surface area contributed by atoms with E-state index in [0.29, 0.717) is 17.9 Å². The van der Waals surface area contributed by atoms with Crippen molar-refractivity contribution < 1.29 is 0 Å². The number of hydrogen-bond acceptors (Lipinski definition) is 3. The van der Waals surface area contributed by atoms with E-state index in [1.165, 1.54) is 24.9 Å². The lowest BCUT2D eigenvalue weighted by molar-refractivity contribution is 0.627. The predicted molar refractivity (Wildman–Crippen MR) is 63.9 cm³/mol. The van der Waals surface area contributed by atoms with Gasteiger partial charge < -0.3 is 10.6 Å². The summed E-state index contributed by atoms with van der Waals surface area (Å²) in [6.07, 6.45) is 5.67. The highest BCUT2D eigenvalue weighted by Gasteiger charge is 2.29. The Kier molecular flexibility index (Phi) is 2.80. The third kappa shape index (κ3) is 1.91. The molecule has 1 aliphatic rings. The van der Waals surface area contributed by atoms with Gasteiger partial charge in [-0.25, -0.2) is 4.98 Å². The molecule has 82 valence electrons.